The van der Waals surface area contributed by atoms with Gasteiger partial charge in [0, 0.05) is 18.1 Å². The summed E-state index contributed by atoms with van der Waals surface area (Å²) in [6.07, 6.45) is 0. The average molecular weight is 310 g/mol. The predicted molar refractivity (Wildman–Crippen MR) is 81.3 cm³/mol. The number of sulfonamides is 1. The van der Waals surface area contributed by atoms with Gasteiger partial charge in [0.15, 0.2) is 0 Å². The number of halogens is 1. The molecule has 2 rings (SSSR count). The Labute approximate surface area is 124 Å². The van der Waals surface area contributed by atoms with E-state index in [1.165, 1.54) is 4.31 Å². The fourth-order valence-corrected chi connectivity index (χ4v) is 3.63. The normalized spacial score (nSPS) is 13.4. The van der Waals surface area contributed by atoms with Gasteiger partial charge >= 0.3 is 0 Å². The molecular formula is C15H16ClNO2S. The Bertz CT molecular complexity index is 686. The molecule has 1 atom stereocenters. The monoisotopic (exact) mass is 309 g/mol. The van der Waals surface area contributed by atoms with E-state index in [0.717, 1.165) is 5.56 Å². The van der Waals surface area contributed by atoms with Crippen LogP contribution in [0.4, 0.5) is 0 Å². The molecule has 0 saturated heterocycles. The zero-order valence-electron chi connectivity index (χ0n) is 11.3. The molecule has 2 aromatic carbocycles. The summed E-state index contributed by atoms with van der Waals surface area (Å²) in [6.45, 7) is 1.82. The van der Waals surface area contributed by atoms with Crippen LogP contribution in [-0.4, -0.2) is 19.8 Å². The van der Waals surface area contributed by atoms with Crippen molar-refractivity contribution in [2.24, 2.45) is 0 Å². The van der Waals surface area contributed by atoms with Gasteiger partial charge in [-0.15, -0.1) is 0 Å². The standard InChI is InChI=1S/C15H16ClNO2S/c1-12(14-10-6-7-11-15(14)16)17(2)20(18,19)13-8-4-3-5-9-13/h3-12H,1-2H3. The molecule has 0 aliphatic heterocycles. The highest BCUT2D eigenvalue weighted by molar-refractivity contribution is 7.89. The molecule has 0 bridgehead atoms. The highest BCUT2D eigenvalue weighted by atomic mass is 35.5. The van der Waals surface area contributed by atoms with E-state index in [2.05, 4.69) is 0 Å². The number of hydrogen-bond donors (Lipinski definition) is 0. The lowest BCUT2D eigenvalue weighted by molar-refractivity contribution is 0.398. The van der Waals surface area contributed by atoms with Gasteiger partial charge in [0.2, 0.25) is 10.0 Å². The minimum Gasteiger partial charge on any atom is -0.207 e. The number of hydrogen-bond acceptors (Lipinski definition) is 2. The zero-order valence-corrected chi connectivity index (χ0v) is 12.9. The maximum Gasteiger partial charge on any atom is 0.243 e. The van der Waals surface area contributed by atoms with Crippen molar-refractivity contribution < 1.29 is 8.42 Å². The maximum absolute atomic E-state index is 12.5. The van der Waals surface area contributed by atoms with Crippen molar-refractivity contribution in [2.75, 3.05) is 7.05 Å². The Morgan fingerprint density at radius 3 is 2.15 bits per heavy atom. The number of nitrogens with zero attached hydrogens (tertiary/aromatic N) is 1. The van der Waals surface area contributed by atoms with E-state index in [-0.39, 0.29) is 10.9 Å². The first-order valence-corrected chi connectivity index (χ1v) is 8.04. The van der Waals surface area contributed by atoms with Crippen molar-refractivity contribution in [3.8, 4) is 0 Å². The fraction of sp³-hybridized carbons (Fsp3) is 0.200. The molecule has 0 radical (unpaired) electrons. The Balaban J connectivity index is 2.37. The Hall–Kier alpha value is -1.36. The summed E-state index contributed by atoms with van der Waals surface area (Å²) in [7, 11) is -1.96. The SMILES string of the molecule is CC(c1ccccc1Cl)N(C)S(=O)(=O)c1ccccc1. The highest BCUT2D eigenvalue weighted by Gasteiger charge is 2.26. The van der Waals surface area contributed by atoms with E-state index in [9.17, 15) is 8.42 Å². The van der Waals surface area contributed by atoms with E-state index in [1.54, 1.807) is 43.4 Å². The first kappa shape index (κ1) is 15.0. The second-order valence-electron chi connectivity index (χ2n) is 4.53. The third-order valence-electron chi connectivity index (χ3n) is 3.32. The van der Waals surface area contributed by atoms with Crippen LogP contribution in [0.25, 0.3) is 0 Å². The maximum atomic E-state index is 12.5. The van der Waals surface area contributed by atoms with Crippen molar-refractivity contribution in [2.45, 2.75) is 17.9 Å². The second kappa shape index (κ2) is 5.95. The van der Waals surface area contributed by atoms with Crippen LogP contribution in [0.1, 0.15) is 18.5 Å². The summed E-state index contributed by atoms with van der Waals surface area (Å²) >= 11 is 6.14. The molecule has 0 N–H and O–H groups in total. The van der Waals surface area contributed by atoms with E-state index in [4.69, 9.17) is 11.6 Å². The topological polar surface area (TPSA) is 37.4 Å². The molecule has 0 aromatic heterocycles. The quantitative estimate of drug-likeness (QED) is 0.863. The van der Waals surface area contributed by atoms with Crippen molar-refractivity contribution >= 4 is 21.6 Å². The van der Waals surface area contributed by atoms with Gasteiger partial charge in [0.1, 0.15) is 0 Å². The van der Waals surface area contributed by atoms with Crippen LogP contribution in [0, 0.1) is 0 Å². The molecule has 20 heavy (non-hydrogen) atoms. The van der Waals surface area contributed by atoms with E-state index >= 15 is 0 Å². The van der Waals surface area contributed by atoms with E-state index in [0.29, 0.717) is 5.02 Å². The number of benzene rings is 2. The van der Waals surface area contributed by atoms with Crippen LogP contribution in [0.5, 0.6) is 0 Å². The molecule has 0 aliphatic carbocycles. The summed E-state index contributed by atoms with van der Waals surface area (Å²) < 4.78 is 26.4. The zero-order chi connectivity index (χ0) is 14.8. The molecule has 2 aromatic rings. The minimum absolute atomic E-state index is 0.279. The average Bonchev–Trinajstić information content (AvgIpc) is 2.47. The molecule has 5 heteroatoms. The van der Waals surface area contributed by atoms with E-state index < -0.39 is 10.0 Å². The van der Waals surface area contributed by atoms with Gasteiger partial charge in [-0.05, 0) is 30.7 Å². The van der Waals surface area contributed by atoms with Crippen molar-refractivity contribution in [1.29, 1.82) is 0 Å². The molecule has 0 amide bonds. The van der Waals surface area contributed by atoms with Crippen LogP contribution >= 0.6 is 11.6 Å². The molecule has 3 nitrogen and oxygen atoms in total. The van der Waals surface area contributed by atoms with Gasteiger partial charge in [-0.2, -0.15) is 4.31 Å². The summed E-state index contributed by atoms with van der Waals surface area (Å²) in [5, 5.41) is 0.565. The minimum atomic E-state index is -3.53. The number of rotatable bonds is 4. The third kappa shape index (κ3) is 2.87. The van der Waals surface area contributed by atoms with Crippen molar-refractivity contribution in [1.82, 2.24) is 4.31 Å². The van der Waals surface area contributed by atoms with Gasteiger partial charge in [-0.3, -0.25) is 0 Å². The highest BCUT2D eigenvalue weighted by Crippen LogP contribution is 2.29. The molecule has 0 aliphatic rings. The third-order valence-corrected chi connectivity index (χ3v) is 5.61. The molecule has 0 fully saturated rings. The van der Waals surface area contributed by atoms with Crippen LogP contribution in [-0.2, 0) is 10.0 Å². The molecule has 0 heterocycles. The second-order valence-corrected chi connectivity index (χ2v) is 6.94. The lowest BCUT2D eigenvalue weighted by Gasteiger charge is -2.25. The molecule has 106 valence electrons. The van der Waals surface area contributed by atoms with Crippen molar-refractivity contribution in [3.05, 3.63) is 65.2 Å². The first-order valence-electron chi connectivity index (χ1n) is 6.22. The first-order chi connectivity index (χ1) is 9.44. The van der Waals surface area contributed by atoms with Gasteiger partial charge in [-0.25, -0.2) is 8.42 Å². The smallest absolute Gasteiger partial charge is 0.207 e. The fourth-order valence-electron chi connectivity index (χ4n) is 1.98. The Morgan fingerprint density at radius 1 is 1.00 bits per heavy atom. The van der Waals surface area contributed by atoms with Crippen LogP contribution < -0.4 is 0 Å². The molecule has 0 saturated carbocycles. The largest absolute Gasteiger partial charge is 0.243 e. The Kier molecular flexibility index (Phi) is 4.48. The summed E-state index contributed by atoms with van der Waals surface area (Å²) in [6, 6.07) is 15.3. The summed E-state index contributed by atoms with van der Waals surface area (Å²) in [5.41, 5.74) is 0.788. The molecular weight excluding hydrogens is 294 g/mol. The lowest BCUT2D eigenvalue weighted by Crippen LogP contribution is -2.29. The summed E-state index contributed by atoms with van der Waals surface area (Å²) in [5.74, 6) is 0. The van der Waals surface area contributed by atoms with Gasteiger partial charge in [0.05, 0.1) is 4.90 Å². The van der Waals surface area contributed by atoms with Crippen LogP contribution in [0.2, 0.25) is 5.02 Å². The van der Waals surface area contributed by atoms with Crippen LogP contribution in [0.3, 0.4) is 0 Å². The Morgan fingerprint density at radius 2 is 1.55 bits per heavy atom. The lowest BCUT2D eigenvalue weighted by atomic mass is 10.1. The molecule has 1 unspecified atom stereocenters. The summed E-state index contributed by atoms with van der Waals surface area (Å²) in [4.78, 5) is 0.279. The van der Waals surface area contributed by atoms with Gasteiger partial charge in [-0.1, -0.05) is 48.0 Å². The van der Waals surface area contributed by atoms with Gasteiger partial charge in [0.25, 0.3) is 0 Å². The van der Waals surface area contributed by atoms with E-state index in [1.807, 2.05) is 25.1 Å². The van der Waals surface area contributed by atoms with Crippen LogP contribution in [0.15, 0.2) is 59.5 Å². The van der Waals surface area contributed by atoms with Crippen molar-refractivity contribution in [3.63, 3.8) is 0 Å². The molecule has 0 spiro atoms. The van der Waals surface area contributed by atoms with Gasteiger partial charge < -0.3 is 0 Å². The predicted octanol–water partition coefficient (Wildman–Crippen LogP) is 3.72.